The lowest BCUT2D eigenvalue weighted by molar-refractivity contribution is -0.146. The van der Waals surface area contributed by atoms with Crippen LogP contribution in [0.15, 0.2) is 0 Å². The van der Waals surface area contributed by atoms with Gasteiger partial charge in [-0.1, -0.05) is 129 Å². The molecule has 0 spiro atoms. The van der Waals surface area contributed by atoms with E-state index in [0.717, 1.165) is 25.2 Å². The topological polar surface area (TPSA) is 52.3 Å². The second kappa shape index (κ2) is 21.0. The Morgan fingerprint density at radius 3 is 1.59 bits per heavy atom. The first-order valence-electron chi connectivity index (χ1n) is 14.6. The van der Waals surface area contributed by atoms with Gasteiger partial charge in [-0.25, -0.2) is 0 Å². The van der Waals surface area contributed by atoms with Gasteiger partial charge in [0, 0.05) is 12.5 Å². The van der Waals surface area contributed by atoms with E-state index in [1.54, 1.807) is 0 Å². The molecule has 0 atom stereocenters. The van der Waals surface area contributed by atoms with Crippen LogP contribution in [0.1, 0.15) is 155 Å². The molecule has 1 aliphatic rings. The van der Waals surface area contributed by atoms with Crippen molar-refractivity contribution in [3.05, 3.63) is 0 Å². The quantitative estimate of drug-likeness (QED) is 0.125. The van der Waals surface area contributed by atoms with E-state index in [1.807, 2.05) is 0 Å². The highest BCUT2D eigenvalue weighted by molar-refractivity contribution is 5.69. The molecule has 0 aliphatic heterocycles. The Balaban J connectivity index is 2.15. The zero-order chi connectivity index (χ0) is 23.3. The maximum absolute atomic E-state index is 12.1. The van der Waals surface area contributed by atoms with E-state index < -0.39 is 0 Å². The number of carbonyl (C=O) groups is 1. The largest absolute Gasteiger partial charge is 0.466 e. The zero-order valence-corrected chi connectivity index (χ0v) is 21.9. The van der Waals surface area contributed by atoms with Crippen LogP contribution >= 0.6 is 0 Å². The second-order valence-corrected chi connectivity index (χ2v) is 10.7. The van der Waals surface area contributed by atoms with Crippen molar-refractivity contribution in [1.82, 2.24) is 0 Å². The second-order valence-electron chi connectivity index (χ2n) is 10.7. The molecule has 0 bridgehead atoms. The molecule has 2 N–H and O–H groups in total. The molecule has 1 aliphatic carbocycles. The van der Waals surface area contributed by atoms with Crippen molar-refractivity contribution in [2.24, 2.45) is 17.6 Å². The van der Waals surface area contributed by atoms with Crippen molar-refractivity contribution < 1.29 is 9.53 Å². The van der Waals surface area contributed by atoms with Crippen molar-refractivity contribution in [2.45, 2.75) is 161 Å². The van der Waals surface area contributed by atoms with Gasteiger partial charge < -0.3 is 10.5 Å². The van der Waals surface area contributed by atoms with Crippen LogP contribution in [0.3, 0.4) is 0 Å². The molecule has 1 saturated carbocycles. The van der Waals surface area contributed by atoms with Crippen LogP contribution in [0.5, 0.6) is 0 Å². The summed E-state index contributed by atoms with van der Waals surface area (Å²) in [6.45, 7) is 5.19. The third-order valence-electron chi connectivity index (χ3n) is 7.45. The molecule has 0 aromatic heterocycles. The predicted molar refractivity (Wildman–Crippen MR) is 139 cm³/mol. The fraction of sp³-hybridized carbons (Fsp3) is 0.966. The highest BCUT2D eigenvalue weighted by Crippen LogP contribution is 2.29. The van der Waals surface area contributed by atoms with Crippen molar-refractivity contribution in [3.8, 4) is 0 Å². The number of hydrogen-bond acceptors (Lipinski definition) is 3. The van der Waals surface area contributed by atoms with Crippen LogP contribution in [0.4, 0.5) is 0 Å². The van der Waals surface area contributed by atoms with Crippen LogP contribution in [0.25, 0.3) is 0 Å². The number of esters is 1. The number of nitrogens with two attached hydrogens (primary N) is 1. The minimum Gasteiger partial charge on any atom is -0.466 e. The molecule has 0 aromatic carbocycles. The van der Waals surface area contributed by atoms with Gasteiger partial charge >= 0.3 is 5.97 Å². The molecule has 0 heterocycles. The maximum atomic E-state index is 12.1. The maximum Gasteiger partial charge on any atom is 0.306 e. The first-order chi connectivity index (χ1) is 15.7. The SMILES string of the molecule is CCCCCCCCCCC(CCCCCCCCCC)CCOC(=O)CC1CC(N)C1. The van der Waals surface area contributed by atoms with Gasteiger partial charge in [-0.05, 0) is 31.1 Å². The first kappa shape index (κ1) is 29.5. The minimum absolute atomic E-state index is 0.000177. The van der Waals surface area contributed by atoms with Gasteiger partial charge in [0.15, 0.2) is 0 Å². The molecule has 32 heavy (non-hydrogen) atoms. The molecule has 3 nitrogen and oxygen atoms in total. The number of hydrogen-bond donors (Lipinski definition) is 1. The fourth-order valence-corrected chi connectivity index (χ4v) is 5.15. The Kier molecular flexibility index (Phi) is 19.3. The van der Waals surface area contributed by atoms with Crippen molar-refractivity contribution >= 4 is 5.97 Å². The molecule has 0 unspecified atom stereocenters. The summed E-state index contributed by atoms with van der Waals surface area (Å²) in [5.41, 5.74) is 5.83. The van der Waals surface area contributed by atoms with Gasteiger partial charge in [0.1, 0.15) is 0 Å². The molecular formula is C29H57NO2. The normalized spacial score (nSPS) is 18.1. The van der Waals surface area contributed by atoms with Crippen molar-refractivity contribution in [3.63, 3.8) is 0 Å². The smallest absolute Gasteiger partial charge is 0.306 e. The Morgan fingerprint density at radius 2 is 1.16 bits per heavy atom. The zero-order valence-electron chi connectivity index (χ0n) is 21.9. The van der Waals surface area contributed by atoms with Gasteiger partial charge in [0.25, 0.3) is 0 Å². The van der Waals surface area contributed by atoms with Crippen LogP contribution in [0, 0.1) is 11.8 Å². The Morgan fingerprint density at radius 1 is 0.719 bits per heavy atom. The molecule has 0 radical (unpaired) electrons. The highest BCUT2D eigenvalue weighted by Gasteiger charge is 2.28. The highest BCUT2D eigenvalue weighted by atomic mass is 16.5. The van der Waals surface area contributed by atoms with Crippen molar-refractivity contribution in [1.29, 1.82) is 0 Å². The summed E-state index contributed by atoms with van der Waals surface area (Å²) in [5, 5.41) is 0. The summed E-state index contributed by atoms with van der Waals surface area (Å²) < 4.78 is 5.60. The molecule has 190 valence electrons. The van der Waals surface area contributed by atoms with Crippen LogP contribution < -0.4 is 5.73 Å². The predicted octanol–water partition coefficient (Wildman–Crippen LogP) is 8.72. The van der Waals surface area contributed by atoms with E-state index in [2.05, 4.69) is 13.8 Å². The molecule has 0 saturated heterocycles. The average Bonchev–Trinajstić information content (AvgIpc) is 2.75. The van der Waals surface area contributed by atoms with E-state index in [9.17, 15) is 4.79 Å². The summed E-state index contributed by atoms with van der Waals surface area (Å²) in [7, 11) is 0. The van der Waals surface area contributed by atoms with E-state index in [0.29, 0.717) is 25.0 Å². The fourth-order valence-electron chi connectivity index (χ4n) is 5.15. The third-order valence-corrected chi connectivity index (χ3v) is 7.45. The molecule has 1 fully saturated rings. The minimum atomic E-state index is -0.000177. The summed E-state index contributed by atoms with van der Waals surface area (Å²) in [6, 6.07) is 0.315. The van der Waals surface area contributed by atoms with Gasteiger partial charge in [-0.3, -0.25) is 4.79 Å². The van der Waals surface area contributed by atoms with E-state index in [-0.39, 0.29) is 5.97 Å². The Bertz CT molecular complexity index is 399. The van der Waals surface area contributed by atoms with Gasteiger partial charge in [-0.2, -0.15) is 0 Å². The van der Waals surface area contributed by atoms with E-state index >= 15 is 0 Å². The number of carbonyl (C=O) groups excluding carboxylic acids is 1. The van der Waals surface area contributed by atoms with Crippen LogP contribution in [-0.4, -0.2) is 18.6 Å². The molecule has 0 aromatic rings. The molecule has 3 heteroatoms. The lowest BCUT2D eigenvalue weighted by Gasteiger charge is -2.31. The first-order valence-corrected chi connectivity index (χ1v) is 14.6. The van der Waals surface area contributed by atoms with Gasteiger partial charge in [-0.15, -0.1) is 0 Å². The number of unbranched alkanes of at least 4 members (excludes halogenated alkanes) is 14. The lowest BCUT2D eigenvalue weighted by Crippen LogP contribution is -2.37. The third kappa shape index (κ3) is 17.0. The van der Waals surface area contributed by atoms with E-state index in [4.69, 9.17) is 10.5 Å². The standard InChI is InChI=1S/C29H57NO2/c1-3-5-7-9-11-13-15-17-19-26(20-18-16-14-12-10-8-6-4-2)21-22-32-29(31)25-27-23-28(30)24-27/h26-28H,3-25,30H2,1-2H3. The van der Waals surface area contributed by atoms with Gasteiger partial charge in [0.05, 0.1) is 6.61 Å². The van der Waals surface area contributed by atoms with Crippen LogP contribution in [-0.2, 0) is 9.53 Å². The summed E-state index contributed by atoms with van der Waals surface area (Å²) >= 11 is 0. The average molecular weight is 452 g/mol. The van der Waals surface area contributed by atoms with E-state index in [1.165, 1.54) is 116 Å². The Hall–Kier alpha value is -0.570. The number of ether oxygens (including phenoxy) is 1. The monoisotopic (exact) mass is 451 g/mol. The van der Waals surface area contributed by atoms with Crippen molar-refractivity contribution in [2.75, 3.05) is 6.61 Å². The molecule has 1 rings (SSSR count). The summed E-state index contributed by atoms with van der Waals surface area (Å²) in [5.74, 6) is 1.21. The summed E-state index contributed by atoms with van der Waals surface area (Å²) in [6.07, 6.45) is 28.4. The molecule has 0 amide bonds. The molecular weight excluding hydrogens is 394 g/mol. The lowest BCUT2D eigenvalue weighted by atomic mass is 9.79. The van der Waals surface area contributed by atoms with Crippen LogP contribution in [0.2, 0.25) is 0 Å². The van der Waals surface area contributed by atoms with Gasteiger partial charge in [0.2, 0.25) is 0 Å². The summed E-state index contributed by atoms with van der Waals surface area (Å²) in [4.78, 5) is 12.1. The Labute approximate surface area is 201 Å². The number of rotatable bonds is 23.